The Morgan fingerprint density at radius 3 is 1.76 bits per heavy atom. The topological polar surface area (TPSA) is 207 Å². The number of hydrogen-bond acceptors (Lipinski definition) is 16. The largest absolute Gasteiger partial charge is 0.500 e. The second kappa shape index (κ2) is 25.9. The average Bonchev–Trinajstić information content (AvgIpc) is 3.08. The maximum absolute atomic E-state index is 12.4. The van der Waals surface area contributed by atoms with Gasteiger partial charge in [-0.15, -0.1) is 0 Å². The second-order valence-electron chi connectivity index (χ2n) is 10.2. The van der Waals surface area contributed by atoms with Crippen LogP contribution in [-0.2, 0) is 70.4 Å². The van der Waals surface area contributed by atoms with Crippen LogP contribution < -0.4 is 5.32 Å². The van der Waals surface area contributed by atoms with Crippen molar-refractivity contribution in [2.45, 2.75) is 57.8 Å². The van der Waals surface area contributed by atoms with Gasteiger partial charge in [0.25, 0.3) is 0 Å². The Hall–Kier alpha value is -4.10. The molecular weight excluding hydrogens is 670 g/mol. The third-order valence-corrected chi connectivity index (χ3v) is 8.87. The molecule has 0 heterocycles. The van der Waals surface area contributed by atoms with Gasteiger partial charge >= 0.3 is 44.7 Å². The average molecular weight is 720 g/mol. The molecule has 17 nitrogen and oxygen atoms in total. The van der Waals surface area contributed by atoms with Crippen LogP contribution in [0.2, 0.25) is 6.04 Å². The normalized spacial score (nSPS) is 11.5. The van der Waals surface area contributed by atoms with Crippen LogP contribution in [0.4, 0.5) is 4.79 Å². The standard InChI is InChI=1S/C31H49NO16Si/c1-9-26(33)43-16-10-14-32-31(38)48-24(18-42-15-11-17-49(39-6,40-7)41-8)19-44-27(34)12-13-28(35)47-25(20-45-29(36)22(2)3)21-46-30(37)23(4)5/h9,24-25H,1-2,4,10-21H2,3,5-8H3,(H,32,38). The molecule has 0 fully saturated rings. The molecule has 0 spiro atoms. The lowest BCUT2D eigenvalue weighted by Gasteiger charge is -2.24. The van der Waals surface area contributed by atoms with Gasteiger partial charge in [0.1, 0.15) is 19.8 Å². The van der Waals surface area contributed by atoms with Gasteiger partial charge in [0.2, 0.25) is 0 Å². The Morgan fingerprint density at radius 1 is 0.694 bits per heavy atom. The fraction of sp³-hybridized carbons (Fsp3) is 0.613. The summed E-state index contributed by atoms with van der Waals surface area (Å²) in [6.45, 7) is 12.0. The van der Waals surface area contributed by atoms with Gasteiger partial charge in [0.15, 0.2) is 12.2 Å². The molecule has 0 bridgehead atoms. The minimum atomic E-state index is -2.81. The summed E-state index contributed by atoms with van der Waals surface area (Å²) in [5, 5.41) is 2.49. The van der Waals surface area contributed by atoms with E-state index in [1.54, 1.807) is 0 Å². The van der Waals surface area contributed by atoms with Crippen LogP contribution >= 0.6 is 0 Å². The van der Waals surface area contributed by atoms with Crippen molar-refractivity contribution in [3.05, 3.63) is 37.0 Å². The molecule has 0 aliphatic rings. The Labute approximate surface area is 287 Å². The van der Waals surface area contributed by atoms with E-state index in [0.717, 1.165) is 6.08 Å². The van der Waals surface area contributed by atoms with Gasteiger partial charge < -0.3 is 51.8 Å². The van der Waals surface area contributed by atoms with Crippen LogP contribution in [0, 0.1) is 0 Å². The summed E-state index contributed by atoms with van der Waals surface area (Å²) in [6.07, 6.45) is -2.06. The molecule has 0 aliphatic carbocycles. The molecule has 0 aliphatic heterocycles. The summed E-state index contributed by atoms with van der Waals surface area (Å²) >= 11 is 0. The molecule has 49 heavy (non-hydrogen) atoms. The van der Waals surface area contributed by atoms with Crippen molar-refractivity contribution in [2.24, 2.45) is 0 Å². The molecule has 1 amide bonds. The van der Waals surface area contributed by atoms with E-state index in [1.165, 1.54) is 35.2 Å². The highest BCUT2D eigenvalue weighted by atomic mass is 28.4. The number of carbonyl (C=O) groups excluding carboxylic acids is 6. The first-order valence-electron chi connectivity index (χ1n) is 15.2. The molecule has 0 rings (SSSR count). The second-order valence-corrected chi connectivity index (χ2v) is 13.3. The number of nitrogens with one attached hydrogen (secondary N) is 1. The number of ether oxygens (including phenoxy) is 7. The van der Waals surface area contributed by atoms with Gasteiger partial charge in [-0.05, 0) is 26.7 Å². The Bertz CT molecular complexity index is 1080. The van der Waals surface area contributed by atoms with Crippen LogP contribution in [-0.4, -0.2) is 124 Å². The van der Waals surface area contributed by atoms with E-state index < -0.39 is 89.6 Å². The van der Waals surface area contributed by atoms with Crippen molar-refractivity contribution in [3.63, 3.8) is 0 Å². The number of alkyl carbamates (subject to hydrolysis) is 1. The van der Waals surface area contributed by atoms with Crippen molar-refractivity contribution < 1.29 is 75.2 Å². The molecule has 0 saturated heterocycles. The highest BCUT2D eigenvalue weighted by Crippen LogP contribution is 2.15. The molecule has 0 radical (unpaired) electrons. The van der Waals surface area contributed by atoms with Crippen molar-refractivity contribution in [2.75, 3.05) is 67.5 Å². The lowest BCUT2D eigenvalue weighted by Crippen LogP contribution is -2.42. The predicted octanol–water partition coefficient (Wildman–Crippen LogP) is 1.96. The van der Waals surface area contributed by atoms with Crippen LogP contribution in [0.5, 0.6) is 0 Å². The van der Waals surface area contributed by atoms with Gasteiger partial charge in [0.05, 0.1) is 26.1 Å². The lowest BCUT2D eigenvalue weighted by atomic mass is 10.3. The molecule has 1 unspecified atom stereocenters. The number of hydrogen-bond donors (Lipinski definition) is 1. The van der Waals surface area contributed by atoms with E-state index in [2.05, 4.69) is 25.1 Å². The maximum atomic E-state index is 12.4. The fourth-order valence-electron chi connectivity index (χ4n) is 3.37. The number of amides is 1. The van der Waals surface area contributed by atoms with Crippen LogP contribution in [0.3, 0.4) is 0 Å². The summed E-state index contributed by atoms with van der Waals surface area (Å²) < 4.78 is 52.3. The van der Waals surface area contributed by atoms with E-state index in [9.17, 15) is 28.8 Å². The smallest absolute Gasteiger partial charge is 0.462 e. The minimum Gasteiger partial charge on any atom is -0.462 e. The zero-order valence-corrected chi connectivity index (χ0v) is 29.9. The lowest BCUT2D eigenvalue weighted by molar-refractivity contribution is -0.165. The Balaban J connectivity index is 5.05. The first kappa shape index (κ1) is 44.9. The Kier molecular flexibility index (Phi) is 23.7. The molecule has 0 saturated carbocycles. The van der Waals surface area contributed by atoms with Crippen LogP contribution in [0.25, 0.3) is 0 Å². The molecule has 1 N–H and O–H groups in total. The fourth-order valence-corrected chi connectivity index (χ4v) is 5.06. The highest BCUT2D eigenvalue weighted by molar-refractivity contribution is 6.60. The molecule has 0 aromatic carbocycles. The van der Waals surface area contributed by atoms with E-state index in [4.69, 9.17) is 46.4 Å². The maximum Gasteiger partial charge on any atom is 0.500 e. The quantitative estimate of drug-likeness (QED) is 0.0423. The SMILES string of the molecule is C=CC(=O)OCCCNC(=O)OC(COCCC[Si](OC)(OC)OC)COC(=O)CCC(=O)OC(COC(=O)C(=C)C)COC(=O)C(=C)C. The van der Waals surface area contributed by atoms with Gasteiger partial charge in [-0.2, -0.15) is 0 Å². The predicted molar refractivity (Wildman–Crippen MR) is 173 cm³/mol. The number of rotatable bonds is 27. The molecule has 0 aromatic heterocycles. The van der Waals surface area contributed by atoms with Crippen LogP contribution in [0.15, 0.2) is 37.0 Å². The monoisotopic (exact) mass is 719 g/mol. The zero-order chi connectivity index (χ0) is 37.2. The number of esters is 5. The Morgan fingerprint density at radius 2 is 1.22 bits per heavy atom. The first-order chi connectivity index (χ1) is 23.2. The van der Waals surface area contributed by atoms with E-state index >= 15 is 0 Å². The van der Waals surface area contributed by atoms with Crippen molar-refractivity contribution in [1.29, 1.82) is 0 Å². The zero-order valence-electron chi connectivity index (χ0n) is 28.9. The van der Waals surface area contributed by atoms with Gasteiger partial charge in [-0.1, -0.05) is 19.7 Å². The van der Waals surface area contributed by atoms with E-state index in [0.29, 0.717) is 18.9 Å². The first-order valence-corrected chi connectivity index (χ1v) is 17.1. The van der Waals surface area contributed by atoms with E-state index in [1.807, 2.05) is 0 Å². The molecule has 278 valence electrons. The number of carbonyl (C=O) groups is 6. The summed E-state index contributed by atoms with van der Waals surface area (Å²) in [5.74, 6) is -3.76. The third-order valence-electron chi connectivity index (χ3n) is 6.04. The van der Waals surface area contributed by atoms with Gasteiger partial charge in [0, 0.05) is 57.7 Å². The van der Waals surface area contributed by atoms with Crippen molar-refractivity contribution in [1.82, 2.24) is 5.32 Å². The van der Waals surface area contributed by atoms with Crippen LogP contribution in [0.1, 0.15) is 39.5 Å². The highest BCUT2D eigenvalue weighted by Gasteiger charge is 2.37. The van der Waals surface area contributed by atoms with Gasteiger partial charge in [-0.3, -0.25) is 9.59 Å². The summed E-state index contributed by atoms with van der Waals surface area (Å²) in [5.41, 5.74) is 0.214. The summed E-state index contributed by atoms with van der Waals surface area (Å²) in [4.78, 5) is 71.8. The minimum absolute atomic E-state index is 0.0486. The van der Waals surface area contributed by atoms with E-state index in [-0.39, 0.29) is 37.5 Å². The molecular formula is C31H49NO16Si. The van der Waals surface area contributed by atoms with Gasteiger partial charge in [-0.25, -0.2) is 19.2 Å². The summed E-state index contributed by atoms with van der Waals surface area (Å²) in [7, 11) is 1.65. The third kappa shape index (κ3) is 21.5. The van der Waals surface area contributed by atoms with Crippen molar-refractivity contribution >= 4 is 44.7 Å². The molecule has 0 aromatic rings. The molecule has 1 atom stereocenters. The molecule has 18 heteroatoms. The van der Waals surface area contributed by atoms with Crippen molar-refractivity contribution in [3.8, 4) is 0 Å². The summed E-state index contributed by atoms with van der Waals surface area (Å²) in [6, 6.07) is 0.456.